The molecule has 0 aliphatic heterocycles. The van der Waals surface area contributed by atoms with Crippen LogP contribution >= 0.6 is 34.4 Å². The van der Waals surface area contributed by atoms with E-state index in [1.807, 2.05) is 36.5 Å². The van der Waals surface area contributed by atoms with Gasteiger partial charge in [-0.2, -0.15) is 0 Å². The lowest BCUT2D eigenvalue weighted by molar-refractivity contribution is -0.115. The van der Waals surface area contributed by atoms with Crippen LogP contribution in [0.3, 0.4) is 0 Å². The molecule has 4 rings (SSSR count). The average molecular weight is 484 g/mol. The predicted molar refractivity (Wildman–Crippen MR) is 137 cm³/mol. The van der Waals surface area contributed by atoms with Crippen molar-refractivity contribution in [1.29, 1.82) is 0 Å². The van der Waals surface area contributed by atoms with Crippen LogP contribution in [0.15, 0.2) is 58.4 Å². The van der Waals surface area contributed by atoms with Gasteiger partial charge in [-0.3, -0.25) is 14.2 Å². The molecule has 4 aromatic rings. The van der Waals surface area contributed by atoms with Crippen molar-refractivity contribution in [1.82, 2.24) is 9.55 Å². The molecule has 0 saturated heterocycles. The van der Waals surface area contributed by atoms with E-state index in [-0.39, 0.29) is 10.8 Å². The Kier molecular flexibility index (Phi) is 7.13. The lowest BCUT2D eigenvalue weighted by atomic mass is 10.1. The number of thiazole rings is 2. The van der Waals surface area contributed by atoms with Gasteiger partial charge in [0, 0.05) is 27.6 Å². The molecule has 2 aromatic heterocycles. The zero-order valence-electron chi connectivity index (χ0n) is 18.3. The van der Waals surface area contributed by atoms with Crippen LogP contribution in [0.5, 0.6) is 0 Å². The molecule has 0 spiro atoms. The summed E-state index contributed by atoms with van der Waals surface area (Å²) in [6.45, 7) is 6.87. The molecule has 8 heteroatoms. The number of hydrogen-bond donors (Lipinski definition) is 1. The van der Waals surface area contributed by atoms with Crippen molar-refractivity contribution < 1.29 is 4.79 Å². The molecule has 0 aliphatic rings. The molecule has 0 bridgehead atoms. The van der Waals surface area contributed by atoms with Crippen LogP contribution in [0.25, 0.3) is 10.2 Å². The highest BCUT2D eigenvalue weighted by molar-refractivity contribution is 7.99. The minimum absolute atomic E-state index is 0.00647. The van der Waals surface area contributed by atoms with Crippen LogP contribution in [0.4, 0.5) is 5.69 Å². The van der Waals surface area contributed by atoms with Gasteiger partial charge in [-0.1, -0.05) is 44.2 Å². The van der Waals surface area contributed by atoms with E-state index in [1.54, 1.807) is 27.7 Å². The molecule has 0 atom stereocenters. The third-order valence-corrected chi connectivity index (χ3v) is 8.05. The highest BCUT2D eigenvalue weighted by Crippen LogP contribution is 2.26. The van der Waals surface area contributed by atoms with Crippen molar-refractivity contribution in [3.05, 3.63) is 73.8 Å². The Morgan fingerprint density at radius 1 is 1.16 bits per heavy atom. The standard InChI is InChI=1S/C24H25N3O2S3/c1-4-30-18-8-5-16(6-9-18)11-22(28)26-17-7-10-20-21(12-17)32-24(29)27(20)14-19-13-25-23(31-19)15(2)3/h5-10,12-13,15H,4,11,14H2,1-3H3,(H,26,28). The summed E-state index contributed by atoms with van der Waals surface area (Å²) in [5, 5.41) is 4.04. The van der Waals surface area contributed by atoms with Crippen LogP contribution in [-0.4, -0.2) is 21.2 Å². The van der Waals surface area contributed by atoms with Crippen molar-refractivity contribution in [2.75, 3.05) is 11.1 Å². The van der Waals surface area contributed by atoms with Crippen molar-refractivity contribution in [2.24, 2.45) is 0 Å². The molecule has 1 amide bonds. The first-order chi connectivity index (χ1) is 15.4. The third kappa shape index (κ3) is 5.31. The number of benzene rings is 2. The molecule has 0 saturated carbocycles. The Bertz CT molecular complexity index is 1290. The number of nitrogens with one attached hydrogen (secondary N) is 1. The van der Waals surface area contributed by atoms with Crippen LogP contribution in [0.1, 0.15) is 42.1 Å². The number of thioether (sulfide) groups is 1. The number of rotatable bonds is 8. The fourth-order valence-electron chi connectivity index (χ4n) is 3.37. The van der Waals surface area contributed by atoms with Gasteiger partial charge in [0.2, 0.25) is 5.91 Å². The van der Waals surface area contributed by atoms with E-state index >= 15 is 0 Å². The Balaban J connectivity index is 1.46. The van der Waals surface area contributed by atoms with Gasteiger partial charge in [-0.05, 0) is 41.6 Å². The maximum atomic E-state index is 12.6. The van der Waals surface area contributed by atoms with Gasteiger partial charge in [0.05, 0.1) is 28.2 Å². The second-order valence-electron chi connectivity index (χ2n) is 7.76. The fraction of sp³-hybridized carbons (Fsp3) is 0.292. The van der Waals surface area contributed by atoms with Gasteiger partial charge in [0.15, 0.2) is 0 Å². The van der Waals surface area contributed by atoms with Crippen molar-refractivity contribution in [3.8, 4) is 0 Å². The Hall–Kier alpha value is -2.42. The smallest absolute Gasteiger partial charge is 0.308 e. The first kappa shape index (κ1) is 22.8. The van der Waals surface area contributed by atoms with E-state index in [4.69, 9.17) is 0 Å². The van der Waals surface area contributed by atoms with Gasteiger partial charge in [0.1, 0.15) is 0 Å². The predicted octanol–water partition coefficient (Wildman–Crippen LogP) is 5.98. The number of carbonyl (C=O) groups excluding carboxylic acids is 1. The van der Waals surface area contributed by atoms with E-state index < -0.39 is 0 Å². The van der Waals surface area contributed by atoms with Gasteiger partial charge in [-0.15, -0.1) is 23.1 Å². The van der Waals surface area contributed by atoms with Gasteiger partial charge >= 0.3 is 4.87 Å². The van der Waals surface area contributed by atoms with Crippen molar-refractivity contribution >= 4 is 56.2 Å². The van der Waals surface area contributed by atoms with Crippen LogP contribution in [-0.2, 0) is 17.8 Å². The highest BCUT2D eigenvalue weighted by Gasteiger charge is 2.13. The molecule has 2 aromatic carbocycles. The van der Waals surface area contributed by atoms with Gasteiger partial charge in [-0.25, -0.2) is 4.98 Å². The summed E-state index contributed by atoms with van der Waals surface area (Å²) in [4.78, 5) is 31.8. The molecule has 166 valence electrons. The summed E-state index contributed by atoms with van der Waals surface area (Å²) in [6.07, 6.45) is 2.17. The Morgan fingerprint density at radius 3 is 2.62 bits per heavy atom. The molecule has 5 nitrogen and oxygen atoms in total. The van der Waals surface area contributed by atoms with Crippen molar-refractivity contribution in [2.45, 2.75) is 44.6 Å². The first-order valence-corrected chi connectivity index (χ1v) is 13.1. The summed E-state index contributed by atoms with van der Waals surface area (Å²) in [5.41, 5.74) is 2.56. The molecule has 2 heterocycles. The van der Waals surface area contributed by atoms with Gasteiger partial charge < -0.3 is 5.32 Å². The Morgan fingerprint density at radius 2 is 1.94 bits per heavy atom. The molecular weight excluding hydrogens is 458 g/mol. The quantitative estimate of drug-likeness (QED) is 0.313. The number of nitrogens with zero attached hydrogens (tertiary/aromatic N) is 2. The molecule has 0 fully saturated rings. The lowest BCUT2D eigenvalue weighted by Crippen LogP contribution is -2.14. The summed E-state index contributed by atoms with van der Waals surface area (Å²) in [5.74, 6) is 1.33. The number of hydrogen-bond acceptors (Lipinski definition) is 6. The monoisotopic (exact) mass is 483 g/mol. The lowest BCUT2D eigenvalue weighted by Gasteiger charge is -2.07. The van der Waals surface area contributed by atoms with E-state index in [9.17, 15) is 9.59 Å². The number of carbonyl (C=O) groups is 1. The van der Waals surface area contributed by atoms with Crippen LogP contribution in [0.2, 0.25) is 0 Å². The average Bonchev–Trinajstić information content (AvgIpc) is 3.34. The summed E-state index contributed by atoms with van der Waals surface area (Å²) in [7, 11) is 0. The second-order valence-corrected chi connectivity index (χ2v) is 11.2. The summed E-state index contributed by atoms with van der Waals surface area (Å²) >= 11 is 4.63. The molecular formula is C24H25N3O2S3. The molecule has 1 N–H and O–H groups in total. The number of amides is 1. The van der Waals surface area contributed by atoms with Crippen molar-refractivity contribution in [3.63, 3.8) is 0 Å². The van der Waals surface area contributed by atoms with E-state index in [0.717, 1.165) is 31.4 Å². The van der Waals surface area contributed by atoms with E-state index in [2.05, 4.69) is 43.2 Å². The van der Waals surface area contributed by atoms with E-state index in [0.29, 0.717) is 24.6 Å². The maximum absolute atomic E-state index is 12.6. The van der Waals surface area contributed by atoms with Crippen LogP contribution in [0, 0.1) is 0 Å². The minimum atomic E-state index is -0.0714. The SMILES string of the molecule is CCSc1ccc(CC(=O)Nc2ccc3c(c2)sc(=O)n3Cc2cnc(C(C)C)s2)cc1. The molecule has 0 radical (unpaired) electrons. The first-order valence-electron chi connectivity index (χ1n) is 10.5. The number of anilines is 1. The normalized spacial score (nSPS) is 11.4. The third-order valence-electron chi connectivity index (χ3n) is 4.93. The molecule has 0 aliphatic carbocycles. The summed E-state index contributed by atoms with van der Waals surface area (Å²) < 4.78 is 2.64. The second kappa shape index (κ2) is 10.0. The van der Waals surface area contributed by atoms with Gasteiger partial charge in [0.25, 0.3) is 0 Å². The van der Waals surface area contributed by atoms with Crippen LogP contribution < -0.4 is 10.2 Å². The highest BCUT2D eigenvalue weighted by atomic mass is 32.2. The Labute approximate surface area is 199 Å². The zero-order valence-corrected chi connectivity index (χ0v) is 20.7. The maximum Gasteiger partial charge on any atom is 0.308 e. The minimum Gasteiger partial charge on any atom is -0.326 e. The number of aromatic nitrogens is 2. The molecule has 32 heavy (non-hydrogen) atoms. The fourth-order valence-corrected chi connectivity index (χ4v) is 5.87. The number of fused-ring (bicyclic) bond motifs is 1. The molecule has 0 unspecified atom stereocenters. The zero-order chi connectivity index (χ0) is 22.7. The largest absolute Gasteiger partial charge is 0.326 e. The summed E-state index contributed by atoms with van der Waals surface area (Å²) in [6, 6.07) is 13.7. The van der Waals surface area contributed by atoms with E-state index in [1.165, 1.54) is 16.2 Å². The topological polar surface area (TPSA) is 64.0 Å².